The Labute approximate surface area is 130 Å². The molecule has 1 N–H and O–H groups in total. The zero-order valence-electron chi connectivity index (χ0n) is 14.5. The summed E-state index contributed by atoms with van der Waals surface area (Å²) in [5.41, 5.74) is 4.67. The van der Waals surface area contributed by atoms with Gasteiger partial charge in [0.05, 0.1) is 0 Å². The molecule has 1 aromatic carbocycles. The van der Waals surface area contributed by atoms with Crippen LogP contribution in [0.2, 0.25) is 0 Å². The average Bonchev–Trinajstić information content (AvgIpc) is 2.72. The molecule has 1 saturated heterocycles. The van der Waals surface area contributed by atoms with Crippen LogP contribution < -0.4 is 5.32 Å². The molecule has 0 aromatic heterocycles. The van der Waals surface area contributed by atoms with Gasteiger partial charge in [-0.05, 0) is 50.8 Å². The highest BCUT2D eigenvalue weighted by atomic mass is 15.2. The Bertz CT molecular complexity index is 444. The van der Waals surface area contributed by atoms with Crippen molar-refractivity contribution in [3.05, 3.63) is 34.9 Å². The maximum absolute atomic E-state index is 3.75. The van der Waals surface area contributed by atoms with Crippen LogP contribution in [0.25, 0.3) is 0 Å². The van der Waals surface area contributed by atoms with Gasteiger partial charge >= 0.3 is 0 Å². The van der Waals surface area contributed by atoms with Crippen molar-refractivity contribution in [2.45, 2.75) is 53.5 Å². The second-order valence-electron chi connectivity index (χ2n) is 7.58. The van der Waals surface area contributed by atoms with Crippen molar-refractivity contribution in [3.63, 3.8) is 0 Å². The first-order chi connectivity index (χ1) is 9.89. The molecule has 0 amide bonds. The van der Waals surface area contributed by atoms with Gasteiger partial charge in [0.1, 0.15) is 0 Å². The summed E-state index contributed by atoms with van der Waals surface area (Å²) >= 11 is 0. The molecule has 1 fully saturated rings. The monoisotopic (exact) mass is 288 g/mol. The summed E-state index contributed by atoms with van der Waals surface area (Å²) in [6, 6.07) is 7.42. The van der Waals surface area contributed by atoms with Crippen molar-refractivity contribution >= 4 is 0 Å². The van der Waals surface area contributed by atoms with E-state index in [0.717, 1.165) is 13.1 Å². The highest BCUT2D eigenvalue weighted by molar-refractivity contribution is 5.31. The van der Waals surface area contributed by atoms with Gasteiger partial charge in [-0.1, -0.05) is 50.1 Å². The van der Waals surface area contributed by atoms with Gasteiger partial charge < -0.3 is 10.2 Å². The fraction of sp³-hybridized carbons (Fsp3) is 0.684. The minimum Gasteiger partial charge on any atom is -0.309 e. The second-order valence-corrected chi connectivity index (χ2v) is 7.58. The average molecular weight is 288 g/mol. The lowest BCUT2D eigenvalue weighted by molar-refractivity contribution is 0.260. The van der Waals surface area contributed by atoms with Gasteiger partial charge in [0.15, 0.2) is 0 Å². The van der Waals surface area contributed by atoms with Gasteiger partial charge in [-0.15, -0.1) is 0 Å². The van der Waals surface area contributed by atoms with Crippen molar-refractivity contribution in [1.29, 1.82) is 0 Å². The van der Waals surface area contributed by atoms with Crippen molar-refractivity contribution in [2.24, 2.45) is 5.41 Å². The molecule has 118 valence electrons. The molecule has 2 nitrogen and oxygen atoms in total. The van der Waals surface area contributed by atoms with Crippen molar-refractivity contribution in [1.82, 2.24) is 10.2 Å². The van der Waals surface area contributed by atoms with Crippen molar-refractivity contribution in [3.8, 4) is 0 Å². The largest absolute Gasteiger partial charge is 0.309 e. The molecular formula is C19H32N2. The summed E-state index contributed by atoms with van der Waals surface area (Å²) in [4.78, 5) is 2.63. The maximum atomic E-state index is 3.75. The molecule has 1 aliphatic rings. The molecule has 2 heteroatoms. The molecule has 1 aromatic rings. The number of hydrogen-bond acceptors (Lipinski definition) is 2. The Hall–Kier alpha value is -0.860. The molecule has 2 rings (SSSR count). The van der Waals surface area contributed by atoms with Crippen LogP contribution in [0, 0.1) is 19.3 Å². The molecule has 0 saturated carbocycles. The summed E-state index contributed by atoms with van der Waals surface area (Å²) in [7, 11) is 0. The summed E-state index contributed by atoms with van der Waals surface area (Å²) < 4.78 is 0. The zero-order chi connectivity index (χ0) is 15.5. The first-order valence-electron chi connectivity index (χ1n) is 8.43. The number of rotatable bonds is 6. The quantitative estimate of drug-likeness (QED) is 0.848. The normalized spacial score (nSPS) is 19.9. The number of hydrogen-bond donors (Lipinski definition) is 1. The van der Waals surface area contributed by atoms with E-state index in [0.29, 0.717) is 11.5 Å². The highest BCUT2D eigenvalue weighted by Gasteiger charge is 2.30. The van der Waals surface area contributed by atoms with Crippen LogP contribution in [0.15, 0.2) is 18.2 Å². The number of nitrogens with one attached hydrogen (secondary N) is 1. The van der Waals surface area contributed by atoms with Gasteiger partial charge in [0, 0.05) is 19.1 Å². The minimum atomic E-state index is 0.456. The van der Waals surface area contributed by atoms with Crippen LogP contribution in [0.4, 0.5) is 0 Å². The topological polar surface area (TPSA) is 15.3 Å². The van der Waals surface area contributed by atoms with Crippen LogP contribution in [-0.4, -0.2) is 31.1 Å². The zero-order valence-corrected chi connectivity index (χ0v) is 14.5. The third-order valence-electron chi connectivity index (χ3n) is 4.48. The first kappa shape index (κ1) is 16.5. The van der Waals surface area contributed by atoms with Crippen molar-refractivity contribution in [2.75, 3.05) is 26.2 Å². The SMILES string of the molecule is CCCNC(CN1CCC(C)(C)C1)c1cc(C)cc(C)c1. The predicted octanol–water partition coefficient (Wildman–Crippen LogP) is 4.08. The Morgan fingerprint density at radius 1 is 1.19 bits per heavy atom. The van der Waals surface area contributed by atoms with Gasteiger partial charge in [-0.25, -0.2) is 0 Å². The number of benzene rings is 1. The summed E-state index contributed by atoms with van der Waals surface area (Å²) in [6.45, 7) is 16.1. The fourth-order valence-corrected chi connectivity index (χ4v) is 3.46. The molecule has 0 aliphatic carbocycles. The first-order valence-corrected chi connectivity index (χ1v) is 8.43. The van der Waals surface area contributed by atoms with E-state index < -0.39 is 0 Å². The van der Waals surface area contributed by atoms with Gasteiger partial charge in [0.2, 0.25) is 0 Å². The standard InChI is InChI=1S/C19H32N2/c1-6-8-20-18(13-21-9-7-19(4,5)14-21)17-11-15(2)10-16(3)12-17/h10-12,18,20H,6-9,13-14H2,1-5H3. The lowest BCUT2D eigenvalue weighted by atomic mass is 9.93. The third-order valence-corrected chi connectivity index (χ3v) is 4.48. The van der Waals surface area contributed by atoms with Crippen LogP contribution in [0.1, 0.15) is 56.3 Å². The number of nitrogens with zero attached hydrogens (tertiary/aromatic N) is 1. The van der Waals surface area contributed by atoms with Crippen LogP contribution >= 0.6 is 0 Å². The van der Waals surface area contributed by atoms with E-state index in [-0.39, 0.29) is 0 Å². The third kappa shape index (κ3) is 4.82. The number of likely N-dealkylation sites (tertiary alicyclic amines) is 1. The second kappa shape index (κ2) is 6.93. The van der Waals surface area contributed by atoms with E-state index in [4.69, 9.17) is 0 Å². The summed E-state index contributed by atoms with van der Waals surface area (Å²) in [6.07, 6.45) is 2.51. The molecule has 0 spiro atoms. The maximum Gasteiger partial charge on any atom is 0.0449 e. The van der Waals surface area contributed by atoms with Gasteiger partial charge in [0.25, 0.3) is 0 Å². The lowest BCUT2D eigenvalue weighted by Gasteiger charge is -2.27. The van der Waals surface area contributed by atoms with E-state index in [2.05, 4.69) is 63.0 Å². The molecule has 0 bridgehead atoms. The molecular weight excluding hydrogens is 256 g/mol. The van der Waals surface area contributed by atoms with Gasteiger partial charge in [-0.3, -0.25) is 0 Å². The molecule has 1 unspecified atom stereocenters. The van der Waals surface area contributed by atoms with Crippen molar-refractivity contribution < 1.29 is 0 Å². The van der Waals surface area contributed by atoms with E-state index in [1.165, 1.54) is 42.6 Å². The lowest BCUT2D eigenvalue weighted by Crippen LogP contribution is -2.35. The van der Waals surface area contributed by atoms with E-state index in [9.17, 15) is 0 Å². The van der Waals surface area contributed by atoms with Crippen LogP contribution in [0.3, 0.4) is 0 Å². The Kier molecular flexibility index (Phi) is 5.45. The van der Waals surface area contributed by atoms with Gasteiger partial charge in [-0.2, -0.15) is 0 Å². The Morgan fingerprint density at radius 3 is 2.38 bits per heavy atom. The summed E-state index contributed by atoms with van der Waals surface area (Å²) in [5.74, 6) is 0. The van der Waals surface area contributed by atoms with E-state index >= 15 is 0 Å². The molecule has 1 aliphatic heterocycles. The van der Waals surface area contributed by atoms with E-state index in [1.54, 1.807) is 0 Å². The number of aryl methyl sites for hydroxylation is 2. The smallest absolute Gasteiger partial charge is 0.0449 e. The van der Waals surface area contributed by atoms with E-state index in [1.807, 2.05) is 0 Å². The summed E-state index contributed by atoms with van der Waals surface area (Å²) in [5, 5.41) is 3.75. The molecule has 0 radical (unpaired) electrons. The highest BCUT2D eigenvalue weighted by Crippen LogP contribution is 2.30. The van der Waals surface area contributed by atoms with Crippen LogP contribution in [0.5, 0.6) is 0 Å². The van der Waals surface area contributed by atoms with Crippen LogP contribution in [-0.2, 0) is 0 Å². The predicted molar refractivity (Wildman–Crippen MR) is 91.8 cm³/mol. The molecule has 21 heavy (non-hydrogen) atoms. The Balaban J connectivity index is 2.10. The fourth-order valence-electron chi connectivity index (χ4n) is 3.46. The minimum absolute atomic E-state index is 0.456. The Morgan fingerprint density at radius 2 is 1.86 bits per heavy atom. The molecule has 1 atom stereocenters. The molecule has 1 heterocycles.